The van der Waals surface area contributed by atoms with Crippen LogP contribution in [-0.4, -0.2) is 29.1 Å². The summed E-state index contributed by atoms with van der Waals surface area (Å²) < 4.78 is 0. The number of rotatable bonds is 3. The van der Waals surface area contributed by atoms with Gasteiger partial charge in [0.1, 0.15) is 5.75 Å². The first-order chi connectivity index (χ1) is 10.8. The maximum atomic E-state index is 9.83. The molecule has 2 bridgehead atoms. The molecule has 1 saturated heterocycles. The number of phenolic OH excluding ortho intramolecular Hbond substituents is 1. The third-order valence-electron chi connectivity index (χ3n) is 6.65. The lowest BCUT2D eigenvalue weighted by Crippen LogP contribution is -2.45. The minimum Gasteiger partial charge on any atom is -0.508 e. The molecule has 1 aromatic carbocycles. The fourth-order valence-corrected chi connectivity index (χ4v) is 5.36. The van der Waals surface area contributed by atoms with Crippen LogP contribution in [0.5, 0.6) is 5.75 Å². The van der Waals surface area contributed by atoms with Crippen molar-refractivity contribution in [2.75, 3.05) is 13.1 Å². The summed E-state index contributed by atoms with van der Waals surface area (Å²) in [6.45, 7) is 2.61. The second-order valence-corrected chi connectivity index (χ2v) is 7.98. The summed E-state index contributed by atoms with van der Waals surface area (Å²) in [7, 11) is 0. The van der Waals surface area contributed by atoms with E-state index in [0.717, 1.165) is 12.0 Å². The molecule has 0 radical (unpaired) electrons. The molecular weight excluding hydrogens is 270 g/mol. The summed E-state index contributed by atoms with van der Waals surface area (Å²) in [5.74, 6) is 1.39. The lowest BCUT2D eigenvalue weighted by molar-refractivity contribution is 0.109. The van der Waals surface area contributed by atoms with E-state index in [1.54, 1.807) is 6.07 Å². The van der Waals surface area contributed by atoms with Crippen molar-refractivity contribution >= 4 is 0 Å². The Kier molecular flexibility index (Phi) is 3.89. The quantitative estimate of drug-likeness (QED) is 0.890. The molecular formula is C20H29NO. The fraction of sp³-hybridized carbons (Fsp3) is 0.700. The zero-order chi connectivity index (χ0) is 15.0. The van der Waals surface area contributed by atoms with Crippen LogP contribution < -0.4 is 0 Å². The zero-order valence-electron chi connectivity index (χ0n) is 13.6. The molecule has 1 heterocycles. The second kappa shape index (κ2) is 5.88. The Hall–Kier alpha value is -1.02. The maximum absolute atomic E-state index is 9.83. The van der Waals surface area contributed by atoms with Crippen molar-refractivity contribution in [3.05, 3.63) is 29.8 Å². The highest BCUT2D eigenvalue weighted by atomic mass is 16.3. The molecule has 2 atom stereocenters. The summed E-state index contributed by atoms with van der Waals surface area (Å²) in [4.78, 5) is 2.81. The molecule has 2 unspecified atom stereocenters. The van der Waals surface area contributed by atoms with E-state index < -0.39 is 0 Å². The average molecular weight is 299 g/mol. The topological polar surface area (TPSA) is 23.5 Å². The van der Waals surface area contributed by atoms with Gasteiger partial charge in [-0.2, -0.15) is 0 Å². The Balaban J connectivity index is 1.45. The van der Waals surface area contributed by atoms with Crippen molar-refractivity contribution in [2.24, 2.45) is 5.92 Å². The third kappa shape index (κ3) is 2.67. The van der Waals surface area contributed by atoms with Crippen LogP contribution in [0.4, 0.5) is 0 Å². The molecule has 0 amide bonds. The van der Waals surface area contributed by atoms with Gasteiger partial charge in [-0.25, -0.2) is 0 Å². The van der Waals surface area contributed by atoms with Crippen LogP contribution in [0.3, 0.4) is 0 Å². The Labute approximate surface area is 134 Å². The van der Waals surface area contributed by atoms with Crippen molar-refractivity contribution in [3.63, 3.8) is 0 Å². The summed E-state index contributed by atoms with van der Waals surface area (Å²) in [6, 6.07) is 8.85. The van der Waals surface area contributed by atoms with Gasteiger partial charge in [0.2, 0.25) is 0 Å². The van der Waals surface area contributed by atoms with Gasteiger partial charge in [0.15, 0.2) is 0 Å². The molecule has 1 N–H and O–H groups in total. The standard InChI is InChI=1S/C20H29NO/c22-19-8-4-7-17(13-19)20-10-9-18(14-20)21(12-11-20)15-16-5-2-1-3-6-16/h4,7-8,13,16,18,22H,1-3,5-6,9-12,14-15H2. The van der Waals surface area contributed by atoms with E-state index in [0.29, 0.717) is 11.2 Å². The number of hydrogen-bond acceptors (Lipinski definition) is 2. The molecule has 0 spiro atoms. The van der Waals surface area contributed by atoms with Gasteiger partial charge in [0.05, 0.1) is 0 Å². The van der Waals surface area contributed by atoms with Crippen LogP contribution in [0.2, 0.25) is 0 Å². The first-order valence-electron chi connectivity index (χ1n) is 9.29. The lowest BCUT2D eigenvalue weighted by Gasteiger charge is -2.42. The summed E-state index contributed by atoms with van der Waals surface area (Å²) >= 11 is 0. The molecule has 22 heavy (non-hydrogen) atoms. The Morgan fingerprint density at radius 3 is 2.77 bits per heavy atom. The van der Waals surface area contributed by atoms with E-state index in [2.05, 4.69) is 11.0 Å². The first kappa shape index (κ1) is 14.6. The van der Waals surface area contributed by atoms with E-state index >= 15 is 0 Å². The fourth-order valence-electron chi connectivity index (χ4n) is 5.36. The average Bonchev–Trinajstić information content (AvgIpc) is 2.91. The minimum absolute atomic E-state index is 0.354. The Bertz CT molecular complexity index is 522. The van der Waals surface area contributed by atoms with Crippen molar-refractivity contribution < 1.29 is 5.11 Å². The van der Waals surface area contributed by atoms with Gasteiger partial charge in [0.25, 0.3) is 0 Å². The van der Waals surface area contributed by atoms with E-state index in [4.69, 9.17) is 0 Å². The van der Waals surface area contributed by atoms with Gasteiger partial charge in [-0.15, -0.1) is 0 Å². The van der Waals surface area contributed by atoms with E-state index in [-0.39, 0.29) is 0 Å². The largest absolute Gasteiger partial charge is 0.508 e. The van der Waals surface area contributed by atoms with Crippen LogP contribution >= 0.6 is 0 Å². The monoisotopic (exact) mass is 299 g/mol. The number of phenols is 1. The SMILES string of the molecule is Oc1cccc(C23CCC(C2)N(CC2CCCCC2)CC3)c1. The third-order valence-corrected chi connectivity index (χ3v) is 6.65. The van der Waals surface area contributed by atoms with Crippen LogP contribution in [-0.2, 0) is 5.41 Å². The predicted octanol–water partition coefficient (Wildman–Crippen LogP) is 4.47. The molecule has 2 nitrogen and oxygen atoms in total. The smallest absolute Gasteiger partial charge is 0.115 e. The van der Waals surface area contributed by atoms with Crippen molar-refractivity contribution in [3.8, 4) is 5.75 Å². The van der Waals surface area contributed by atoms with E-state index in [9.17, 15) is 5.11 Å². The molecule has 3 fully saturated rings. The molecule has 3 aliphatic rings. The Morgan fingerprint density at radius 2 is 1.95 bits per heavy atom. The van der Waals surface area contributed by atoms with Gasteiger partial charge >= 0.3 is 0 Å². The lowest BCUT2D eigenvalue weighted by atomic mass is 9.74. The highest BCUT2D eigenvalue weighted by Crippen LogP contribution is 2.49. The number of aromatic hydroxyl groups is 1. The molecule has 120 valence electrons. The van der Waals surface area contributed by atoms with Crippen LogP contribution in [0.25, 0.3) is 0 Å². The van der Waals surface area contributed by atoms with Crippen molar-refractivity contribution in [1.29, 1.82) is 0 Å². The van der Waals surface area contributed by atoms with Gasteiger partial charge in [0, 0.05) is 12.6 Å². The summed E-state index contributed by atoms with van der Waals surface area (Å²) in [6.07, 6.45) is 12.5. The van der Waals surface area contributed by atoms with E-state index in [1.807, 2.05) is 12.1 Å². The van der Waals surface area contributed by atoms with Gasteiger partial charge in [-0.05, 0) is 74.1 Å². The molecule has 4 rings (SSSR count). The van der Waals surface area contributed by atoms with Gasteiger partial charge in [-0.1, -0.05) is 31.4 Å². The number of benzene rings is 1. The number of fused-ring (bicyclic) bond motifs is 2. The van der Waals surface area contributed by atoms with Crippen LogP contribution in [0.1, 0.15) is 63.4 Å². The molecule has 2 heteroatoms. The van der Waals surface area contributed by atoms with E-state index in [1.165, 1.54) is 76.4 Å². The number of hydrogen-bond donors (Lipinski definition) is 1. The van der Waals surface area contributed by atoms with Crippen molar-refractivity contribution in [1.82, 2.24) is 4.90 Å². The van der Waals surface area contributed by atoms with Crippen LogP contribution in [0.15, 0.2) is 24.3 Å². The predicted molar refractivity (Wildman–Crippen MR) is 90.2 cm³/mol. The molecule has 1 aliphatic heterocycles. The number of likely N-dealkylation sites (tertiary alicyclic amines) is 1. The number of piperidine rings is 1. The highest BCUT2D eigenvalue weighted by molar-refractivity contribution is 5.35. The molecule has 2 aliphatic carbocycles. The maximum Gasteiger partial charge on any atom is 0.115 e. The highest BCUT2D eigenvalue weighted by Gasteiger charge is 2.46. The van der Waals surface area contributed by atoms with Gasteiger partial charge < -0.3 is 10.0 Å². The minimum atomic E-state index is 0.354. The first-order valence-corrected chi connectivity index (χ1v) is 9.29. The summed E-state index contributed by atoms with van der Waals surface area (Å²) in [5.41, 5.74) is 1.74. The second-order valence-electron chi connectivity index (χ2n) is 7.98. The zero-order valence-corrected chi connectivity index (χ0v) is 13.6. The molecule has 0 aromatic heterocycles. The molecule has 1 aromatic rings. The van der Waals surface area contributed by atoms with Gasteiger partial charge in [-0.3, -0.25) is 0 Å². The van der Waals surface area contributed by atoms with Crippen molar-refractivity contribution in [2.45, 2.75) is 69.2 Å². The molecule has 2 saturated carbocycles. The Morgan fingerprint density at radius 1 is 1.09 bits per heavy atom. The normalized spacial score (nSPS) is 33.2. The van der Waals surface area contributed by atoms with Crippen LogP contribution in [0, 0.1) is 5.92 Å². The summed E-state index contributed by atoms with van der Waals surface area (Å²) in [5, 5.41) is 9.83. The number of nitrogens with zero attached hydrogens (tertiary/aromatic N) is 1.